The van der Waals surface area contributed by atoms with Crippen LogP contribution in [-0.2, 0) is 4.79 Å². The Labute approximate surface area is 120 Å². The molecule has 0 aliphatic rings. The zero-order valence-corrected chi connectivity index (χ0v) is 12.8. The summed E-state index contributed by atoms with van der Waals surface area (Å²) < 4.78 is 5.12. The molecule has 1 aromatic rings. The molecule has 1 unspecified atom stereocenters. The van der Waals surface area contributed by atoms with Crippen LogP contribution in [0.2, 0.25) is 0 Å². The number of ether oxygens (including phenoxy) is 1. The minimum absolute atomic E-state index is 0.0976. The SMILES string of the molecule is COc1ccc(N(C)CC(C)(NC(C)C)C(=O)O)cc1. The standard InChI is InChI=1S/C15H24N2O3/c1-11(2)16-15(3,14(18)19)10-17(4)12-6-8-13(20-5)9-7-12/h6-9,11,16H,10H2,1-5H3,(H,18,19). The van der Waals surface area contributed by atoms with E-state index in [1.165, 1.54) is 0 Å². The predicted molar refractivity (Wildman–Crippen MR) is 80.6 cm³/mol. The largest absolute Gasteiger partial charge is 0.497 e. The molecule has 0 heterocycles. The second-order valence-electron chi connectivity index (χ2n) is 5.49. The third-order valence-corrected chi connectivity index (χ3v) is 3.15. The van der Waals surface area contributed by atoms with Gasteiger partial charge in [-0.1, -0.05) is 0 Å². The molecule has 0 fully saturated rings. The van der Waals surface area contributed by atoms with E-state index >= 15 is 0 Å². The molecule has 0 bridgehead atoms. The van der Waals surface area contributed by atoms with Gasteiger partial charge in [-0.15, -0.1) is 0 Å². The molecule has 5 heteroatoms. The molecule has 5 nitrogen and oxygen atoms in total. The van der Waals surface area contributed by atoms with Gasteiger partial charge in [-0.05, 0) is 45.0 Å². The molecular weight excluding hydrogens is 256 g/mol. The molecule has 0 radical (unpaired) electrons. The molecule has 0 aliphatic carbocycles. The van der Waals surface area contributed by atoms with Crippen LogP contribution in [0.15, 0.2) is 24.3 Å². The van der Waals surface area contributed by atoms with Gasteiger partial charge in [-0.25, -0.2) is 0 Å². The Morgan fingerprint density at radius 3 is 2.35 bits per heavy atom. The highest BCUT2D eigenvalue weighted by atomic mass is 16.5. The summed E-state index contributed by atoms with van der Waals surface area (Å²) in [6.07, 6.45) is 0. The van der Waals surface area contributed by atoms with E-state index in [4.69, 9.17) is 4.74 Å². The maximum Gasteiger partial charge on any atom is 0.325 e. The van der Waals surface area contributed by atoms with Crippen LogP contribution in [-0.4, -0.2) is 43.4 Å². The van der Waals surface area contributed by atoms with Crippen LogP contribution in [0.3, 0.4) is 0 Å². The number of hydrogen-bond donors (Lipinski definition) is 2. The molecule has 1 aromatic carbocycles. The van der Waals surface area contributed by atoms with Crippen molar-refractivity contribution in [3.8, 4) is 5.75 Å². The van der Waals surface area contributed by atoms with Crippen molar-refractivity contribution in [3.05, 3.63) is 24.3 Å². The average Bonchev–Trinajstić information content (AvgIpc) is 2.37. The molecule has 0 aromatic heterocycles. The van der Waals surface area contributed by atoms with Gasteiger partial charge in [0.05, 0.1) is 7.11 Å². The molecule has 0 amide bonds. The lowest BCUT2D eigenvalue weighted by atomic mass is 10.0. The number of nitrogens with zero attached hydrogens (tertiary/aromatic N) is 1. The molecular formula is C15H24N2O3. The molecule has 2 N–H and O–H groups in total. The number of rotatable bonds is 7. The maximum atomic E-state index is 11.5. The third-order valence-electron chi connectivity index (χ3n) is 3.15. The summed E-state index contributed by atoms with van der Waals surface area (Å²) in [5.74, 6) is -0.0741. The van der Waals surface area contributed by atoms with Crippen molar-refractivity contribution in [2.45, 2.75) is 32.4 Å². The number of carbonyl (C=O) groups is 1. The first kappa shape index (κ1) is 16.3. The zero-order valence-electron chi connectivity index (χ0n) is 12.8. The Bertz CT molecular complexity index is 445. The van der Waals surface area contributed by atoms with E-state index in [0.717, 1.165) is 11.4 Å². The Morgan fingerprint density at radius 1 is 1.40 bits per heavy atom. The van der Waals surface area contributed by atoms with Crippen molar-refractivity contribution < 1.29 is 14.6 Å². The highest BCUT2D eigenvalue weighted by Gasteiger charge is 2.34. The molecule has 0 aliphatic heterocycles. The number of benzene rings is 1. The number of nitrogens with one attached hydrogen (secondary N) is 1. The first-order valence-electron chi connectivity index (χ1n) is 6.65. The Morgan fingerprint density at radius 2 is 1.95 bits per heavy atom. The number of carboxylic acids is 1. The van der Waals surface area contributed by atoms with Gasteiger partial charge in [0.2, 0.25) is 0 Å². The summed E-state index contributed by atoms with van der Waals surface area (Å²) in [4.78, 5) is 13.4. The summed E-state index contributed by atoms with van der Waals surface area (Å²) in [5, 5.41) is 12.6. The monoisotopic (exact) mass is 280 g/mol. The van der Waals surface area contributed by atoms with Gasteiger partial charge in [-0.2, -0.15) is 0 Å². The Balaban J connectivity index is 2.84. The molecule has 0 spiro atoms. The van der Waals surface area contributed by atoms with Gasteiger partial charge in [0, 0.05) is 25.3 Å². The summed E-state index contributed by atoms with van der Waals surface area (Å²) in [5.41, 5.74) is -0.0492. The Kier molecular flexibility index (Phi) is 5.39. The normalized spacial score (nSPS) is 13.9. The number of likely N-dealkylation sites (N-methyl/N-ethyl adjacent to an activating group) is 1. The lowest BCUT2D eigenvalue weighted by Gasteiger charge is -2.33. The van der Waals surface area contributed by atoms with E-state index in [1.807, 2.05) is 50.1 Å². The van der Waals surface area contributed by atoms with Gasteiger partial charge in [0.15, 0.2) is 0 Å². The quantitative estimate of drug-likeness (QED) is 0.799. The summed E-state index contributed by atoms with van der Waals surface area (Å²) in [6.45, 7) is 5.95. The van der Waals surface area contributed by atoms with Crippen molar-refractivity contribution in [1.29, 1.82) is 0 Å². The van der Waals surface area contributed by atoms with E-state index < -0.39 is 11.5 Å². The van der Waals surface area contributed by atoms with Crippen molar-refractivity contribution in [2.24, 2.45) is 0 Å². The fraction of sp³-hybridized carbons (Fsp3) is 0.533. The van der Waals surface area contributed by atoms with Crippen LogP contribution in [0, 0.1) is 0 Å². The first-order chi connectivity index (χ1) is 9.28. The van der Waals surface area contributed by atoms with Gasteiger partial charge in [0.25, 0.3) is 0 Å². The maximum absolute atomic E-state index is 11.5. The van der Waals surface area contributed by atoms with E-state index in [-0.39, 0.29) is 6.04 Å². The lowest BCUT2D eigenvalue weighted by Crippen LogP contribution is -2.58. The van der Waals surface area contributed by atoms with Crippen LogP contribution in [0.5, 0.6) is 5.75 Å². The van der Waals surface area contributed by atoms with Gasteiger partial charge in [0.1, 0.15) is 11.3 Å². The molecule has 1 rings (SSSR count). The average molecular weight is 280 g/mol. The number of methoxy groups -OCH3 is 1. The lowest BCUT2D eigenvalue weighted by molar-refractivity contribution is -0.144. The van der Waals surface area contributed by atoms with Crippen LogP contribution < -0.4 is 15.0 Å². The highest BCUT2D eigenvalue weighted by molar-refractivity contribution is 5.79. The van der Waals surface area contributed by atoms with E-state index in [0.29, 0.717) is 6.54 Å². The van der Waals surface area contributed by atoms with E-state index in [9.17, 15) is 9.90 Å². The number of aliphatic carboxylic acids is 1. The van der Waals surface area contributed by atoms with Crippen LogP contribution in [0.4, 0.5) is 5.69 Å². The fourth-order valence-electron chi connectivity index (χ4n) is 2.21. The van der Waals surface area contributed by atoms with Gasteiger partial charge < -0.3 is 14.7 Å². The van der Waals surface area contributed by atoms with Crippen molar-refractivity contribution in [2.75, 3.05) is 25.6 Å². The number of carboxylic acid groups (broad SMARTS) is 1. The van der Waals surface area contributed by atoms with Gasteiger partial charge >= 0.3 is 5.97 Å². The molecule has 1 atom stereocenters. The van der Waals surface area contributed by atoms with E-state index in [1.54, 1.807) is 14.0 Å². The second kappa shape index (κ2) is 6.61. The zero-order chi connectivity index (χ0) is 15.3. The molecule has 20 heavy (non-hydrogen) atoms. The van der Waals surface area contributed by atoms with Crippen LogP contribution >= 0.6 is 0 Å². The molecule has 0 saturated heterocycles. The third kappa shape index (κ3) is 4.13. The first-order valence-corrected chi connectivity index (χ1v) is 6.65. The minimum atomic E-state index is -0.997. The topological polar surface area (TPSA) is 61.8 Å². The van der Waals surface area contributed by atoms with Crippen LogP contribution in [0.1, 0.15) is 20.8 Å². The fourth-order valence-corrected chi connectivity index (χ4v) is 2.21. The highest BCUT2D eigenvalue weighted by Crippen LogP contribution is 2.20. The minimum Gasteiger partial charge on any atom is -0.497 e. The van der Waals surface area contributed by atoms with Crippen molar-refractivity contribution in [3.63, 3.8) is 0 Å². The molecule has 0 saturated carbocycles. The molecule has 112 valence electrons. The number of hydrogen-bond acceptors (Lipinski definition) is 4. The smallest absolute Gasteiger partial charge is 0.325 e. The summed E-state index contributed by atoms with van der Waals surface area (Å²) >= 11 is 0. The van der Waals surface area contributed by atoms with Crippen molar-refractivity contribution >= 4 is 11.7 Å². The summed E-state index contributed by atoms with van der Waals surface area (Å²) in [6, 6.07) is 7.65. The van der Waals surface area contributed by atoms with Crippen molar-refractivity contribution in [1.82, 2.24) is 5.32 Å². The Hall–Kier alpha value is -1.75. The second-order valence-corrected chi connectivity index (χ2v) is 5.49. The predicted octanol–water partition coefficient (Wildman–Crippen LogP) is 1.97. The number of anilines is 1. The van der Waals surface area contributed by atoms with Crippen LogP contribution in [0.25, 0.3) is 0 Å². The summed E-state index contributed by atoms with van der Waals surface area (Å²) in [7, 11) is 3.50. The van der Waals surface area contributed by atoms with Gasteiger partial charge in [-0.3, -0.25) is 10.1 Å². The van der Waals surface area contributed by atoms with E-state index in [2.05, 4.69) is 5.32 Å².